The van der Waals surface area contributed by atoms with Crippen LogP contribution in [0.25, 0.3) is 10.2 Å². The van der Waals surface area contributed by atoms with E-state index in [1.54, 1.807) is 17.4 Å². The number of ether oxygens (including phenoxy) is 1. The number of rotatable bonds is 7. The second-order valence-corrected chi connectivity index (χ2v) is 13.7. The van der Waals surface area contributed by atoms with Gasteiger partial charge in [0.1, 0.15) is 23.8 Å². The molecule has 2 fully saturated rings. The molecule has 0 spiro atoms. The number of hydrogen-bond acceptors (Lipinski definition) is 7. The van der Waals surface area contributed by atoms with Gasteiger partial charge < -0.3 is 15.4 Å². The minimum atomic E-state index is -1.06. The Hall–Kier alpha value is -4.32. The van der Waals surface area contributed by atoms with Gasteiger partial charge in [0, 0.05) is 12.1 Å². The molecule has 3 aromatic rings. The third kappa shape index (κ3) is 5.31. The maximum atomic E-state index is 13.4. The number of fused-ring (bicyclic) bond motifs is 2. The van der Waals surface area contributed by atoms with E-state index in [9.17, 15) is 24.0 Å². The summed E-state index contributed by atoms with van der Waals surface area (Å²) in [5, 5.41) is 9.11. The molecule has 2 atom stereocenters. The van der Waals surface area contributed by atoms with E-state index in [1.165, 1.54) is 30.5 Å². The quantitative estimate of drug-likeness (QED) is 0.267. The molecule has 3 N–H and O–H groups in total. The van der Waals surface area contributed by atoms with E-state index in [2.05, 4.69) is 53.4 Å². The van der Waals surface area contributed by atoms with Gasteiger partial charge in [-0.25, -0.2) is 4.79 Å². The fourth-order valence-corrected chi connectivity index (χ4v) is 7.48. The van der Waals surface area contributed by atoms with Crippen LogP contribution in [0.4, 0.5) is 10.5 Å². The number of anilines is 1. The largest absolute Gasteiger partial charge is 0.487 e. The predicted octanol–water partition coefficient (Wildman–Crippen LogP) is 4.31. The molecular weight excluding hydrogens is 582 g/mol. The first-order valence-corrected chi connectivity index (χ1v) is 15.7. The van der Waals surface area contributed by atoms with E-state index < -0.39 is 35.7 Å². The number of carbonyl (C=O) groups excluding carboxylic acids is 5. The van der Waals surface area contributed by atoms with Gasteiger partial charge >= 0.3 is 6.03 Å². The molecule has 11 nitrogen and oxygen atoms in total. The SMILES string of the molecule is CCOc1cc(C2CC2)cc2sc([C@@H](NC(=O)Nc3ccc4c(c3)C(=O)N(C3CCC(=O)NC3=O)C4=O)C(C)(C)C)[n+](C)c12. The summed E-state index contributed by atoms with van der Waals surface area (Å²) >= 11 is 1.64. The average Bonchev–Trinajstić information content (AvgIpc) is 3.71. The van der Waals surface area contributed by atoms with Gasteiger partial charge in [-0.2, -0.15) is 4.57 Å². The average molecular weight is 619 g/mol. The molecule has 1 unspecified atom stereocenters. The van der Waals surface area contributed by atoms with Crippen LogP contribution in [0.2, 0.25) is 0 Å². The van der Waals surface area contributed by atoms with Crippen LogP contribution in [0.1, 0.15) is 96.6 Å². The van der Waals surface area contributed by atoms with Gasteiger partial charge in [0.2, 0.25) is 11.8 Å². The molecule has 0 radical (unpaired) electrons. The molecule has 2 aliphatic heterocycles. The first-order valence-electron chi connectivity index (χ1n) is 14.9. The van der Waals surface area contributed by atoms with Crippen molar-refractivity contribution in [1.29, 1.82) is 0 Å². The van der Waals surface area contributed by atoms with Crippen LogP contribution in [0.5, 0.6) is 5.75 Å². The molecule has 0 bridgehead atoms. The molecule has 44 heavy (non-hydrogen) atoms. The molecule has 3 aliphatic rings. The van der Waals surface area contributed by atoms with Crippen molar-refractivity contribution in [1.82, 2.24) is 15.5 Å². The zero-order valence-corrected chi connectivity index (χ0v) is 26.2. The highest BCUT2D eigenvalue weighted by Gasteiger charge is 2.45. The van der Waals surface area contributed by atoms with E-state index in [1.807, 2.05) is 14.0 Å². The standard InChI is InChI=1S/C32H35N5O6S/c1-6-43-22-13-17(16-7-8-16)14-23-25(22)36(5)30(44-23)26(32(2,3)4)35-31(42)33-18-9-10-19-20(15-18)29(41)37(28(19)40)21-11-12-24(38)34-27(21)39/h9-10,13-16,21,26H,6-8,11-12H2,1-5H3,(H2-,33,34,35,38,39,40,42)/p+1/t21?,26-/m1/s1. The number of piperidine rings is 1. The summed E-state index contributed by atoms with van der Waals surface area (Å²) < 4.78 is 9.27. The van der Waals surface area contributed by atoms with E-state index >= 15 is 0 Å². The van der Waals surface area contributed by atoms with Crippen molar-refractivity contribution in [2.45, 2.75) is 71.4 Å². The Kier molecular flexibility index (Phi) is 7.43. The van der Waals surface area contributed by atoms with Crippen LogP contribution in [0.3, 0.4) is 0 Å². The lowest BCUT2D eigenvalue weighted by Gasteiger charge is -2.28. The lowest BCUT2D eigenvalue weighted by atomic mass is 9.87. The lowest BCUT2D eigenvalue weighted by molar-refractivity contribution is -0.650. The summed E-state index contributed by atoms with van der Waals surface area (Å²) in [5.41, 5.74) is 2.49. The Bertz CT molecular complexity index is 1740. The number of benzene rings is 2. The Morgan fingerprint density at radius 2 is 1.82 bits per heavy atom. The van der Waals surface area contributed by atoms with E-state index in [4.69, 9.17) is 4.74 Å². The van der Waals surface area contributed by atoms with Crippen molar-refractivity contribution < 1.29 is 33.3 Å². The molecule has 1 aliphatic carbocycles. The van der Waals surface area contributed by atoms with E-state index in [-0.39, 0.29) is 35.4 Å². The molecule has 1 saturated carbocycles. The van der Waals surface area contributed by atoms with Gasteiger partial charge in [0.15, 0.2) is 5.75 Å². The molecule has 1 saturated heterocycles. The van der Waals surface area contributed by atoms with Gasteiger partial charge in [-0.3, -0.25) is 29.4 Å². The summed E-state index contributed by atoms with van der Waals surface area (Å²) in [4.78, 5) is 64.5. The first kappa shape index (κ1) is 29.7. The summed E-state index contributed by atoms with van der Waals surface area (Å²) in [6.07, 6.45) is 2.48. The van der Waals surface area contributed by atoms with Gasteiger partial charge in [0.25, 0.3) is 22.3 Å². The topological polar surface area (TPSA) is 138 Å². The van der Waals surface area contributed by atoms with Gasteiger partial charge in [-0.05, 0) is 73.4 Å². The number of amides is 6. The fourth-order valence-electron chi connectivity index (χ4n) is 5.97. The third-order valence-electron chi connectivity index (χ3n) is 8.38. The molecule has 230 valence electrons. The normalized spacial score (nSPS) is 19.2. The number of aromatic nitrogens is 1. The molecular formula is C32H36N5O6S+. The number of imide groups is 2. The molecule has 6 amide bonds. The number of urea groups is 1. The van der Waals surface area contributed by atoms with Gasteiger partial charge in [-0.1, -0.05) is 32.1 Å². The number of carbonyl (C=O) groups is 5. The molecule has 3 heterocycles. The maximum absolute atomic E-state index is 13.4. The highest BCUT2D eigenvalue weighted by atomic mass is 32.1. The van der Waals surface area contributed by atoms with Crippen LogP contribution < -0.4 is 25.3 Å². The predicted molar refractivity (Wildman–Crippen MR) is 164 cm³/mol. The summed E-state index contributed by atoms with van der Waals surface area (Å²) in [5.74, 6) is -0.926. The van der Waals surface area contributed by atoms with Crippen molar-refractivity contribution in [3.63, 3.8) is 0 Å². The van der Waals surface area contributed by atoms with Crippen molar-refractivity contribution in [3.8, 4) is 5.75 Å². The van der Waals surface area contributed by atoms with Crippen LogP contribution in [-0.2, 0) is 16.6 Å². The number of thiazole rings is 1. The minimum absolute atomic E-state index is 0.0396. The van der Waals surface area contributed by atoms with Crippen molar-refractivity contribution >= 4 is 56.9 Å². The third-order valence-corrected chi connectivity index (χ3v) is 9.63. The molecule has 2 aromatic carbocycles. The Morgan fingerprint density at radius 3 is 2.48 bits per heavy atom. The Balaban J connectivity index is 1.24. The van der Waals surface area contributed by atoms with Crippen molar-refractivity contribution in [2.24, 2.45) is 12.5 Å². The summed E-state index contributed by atoms with van der Waals surface area (Å²) in [6, 6.07) is 6.96. The van der Waals surface area contributed by atoms with Crippen LogP contribution in [0.15, 0.2) is 30.3 Å². The monoisotopic (exact) mass is 618 g/mol. The van der Waals surface area contributed by atoms with Crippen LogP contribution in [0, 0.1) is 5.41 Å². The zero-order valence-electron chi connectivity index (χ0n) is 25.4. The first-order chi connectivity index (χ1) is 20.9. The van der Waals surface area contributed by atoms with Crippen LogP contribution >= 0.6 is 11.3 Å². The second-order valence-electron chi connectivity index (χ2n) is 12.7. The molecule has 12 heteroatoms. The maximum Gasteiger partial charge on any atom is 0.319 e. The minimum Gasteiger partial charge on any atom is -0.487 e. The number of aryl methyl sites for hydroxylation is 1. The number of nitrogens with zero attached hydrogens (tertiary/aromatic N) is 2. The zero-order chi connectivity index (χ0) is 31.5. The molecule has 1 aromatic heterocycles. The van der Waals surface area contributed by atoms with E-state index in [0.29, 0.717) is 18.2 Å². The number of nitrogens with one attached hydrogen (secondary N) is 3. The highest BCUT2D eigenvalue weighted by Crippen LogP contribution is 2.45. The van der Waals surface area contributed by atoms with Crippen molar-refractivity contribution in [3.05, 3.63) is 52.0 Å². The summed E-state index contributed by atoms with van der Waals surface area (Å²) in [7, 11) is 1.99. The smallest absolute Gasteiger partial charge is 0.319 e. The number of hydrogen-bond donors (Lipinski definition) is 3. The van der Waals surface area contributed by atoms with E-state index in [0.717, 1.165) is 25.9 Å². The molecule has 6 rings (SSSR count). The summed E-state index contributed by atoms with van der Waals surface area (Å²) in [6.45, 7) is 8.71. The fraction of sp³-hybridized carbons (Fsp3) is 0.438. The Morgan fingerprint density at radius 1 is 1.09 bits per heavy atom. The Labute approximate surface area is 258 Å². The van der Waals surface area contributed by atoms with Crippen molar-refractivity contribution in [2.75, 3.05) is 11.9 Å². The second kappa shape index (κ2) is 11.0. The highest BCUT2D eigenvalue weighted by molar-refractivity contribution is 7.18. The van der Waals surface area contributed by atoms with Gasteiger partial charge in [0.05, 0.1) is 17.7 Å². The van der Waals surface area contributed by atoms with Crippen LogP contribution in [-0.4, -0.2) is 47.2 Å². The lowest BCUT2D eigenvalue weighted by Crippen LogP contribution is -2.54. The van der Waals surface area contributed by atoms with Gasteiger partial charge in [-0.15, -0.1) is 0 Å².